The third-order valence-electron chi connectivity index (χ3n) is 3.41. The predicted molar refractivity (Wildman–Crippen MR) is 93.6 cm³/mol. The van der Waals surface area contributed by atoms with Gasteiger partial charge in [0.05, 0.1) is 14.2 Å². The first-order valence-corrected chi connectivity index (χ1v) is 7.58. The van der Waals surface area contributed by atoms with Crippen molar-refractivity contribution >= 4 is 23.3 Å². The number of carbonyl (C=O) groups excluding carboxylic acids is 1. The third-order valence-corrected chi connectivity index (χ3v) is 3.67. The maximum Gasteiger partial charge on any atom is 0.356 e. The minimum absolute atomic E-state index is 0.187. The van der Waals surface area contributed by atoms with Gasteiger partial charge in [0.25, 0.3) is 0 Å². The number of esters is 1. The lowest BCUT2D eigenvalue weighted by Crippen LogP contribution is -2.18. The number of hydrogen-bond donors (Lipinski definition) is 0. The van der Waals surface area contributed by atoms with Crippen LogP contribution in [0.5, 0.6) is 5.75 Å². The van der Waals surface area contributed by atoms with Crippen molar-refractivity contribution in [2.45, 2.75) is 6.42 Å². The molecule has 2 aromatic carbocycles. The fourth-order valence-corrected chi connectivity index (χ4v) is 2.41. The van der Waals surface area contributed by atoms with E-state index >= 15 is 0 Å². The van der Waals surface area contributed by atoms with Crippen LogP contribution in [0.4, 0.5) is 0 Å². The molecule has 0 amide bonds. The first-order valence-electron chi connectivity index (χ1n) is 7.20. The average molecular weight is 348 g/mol. The molecule has 0 radical (unpaired) electrons. The highest BCUT2D eigenvalue weighted by Gasteiger charge is 2.15. The van der Waals surface area contributed by atoms with Crippen LogP contribution in [0.1, 0.15) is 5.56 Å². The van der Waals surface area contributed by atoms with Crippen molar-refractivity contribution in [3.63, 3.8) is 0 Å². The Kier molecular flexibility index (Phi) is 6.21. The molecule has 5 nitrogen and oxygen atoms in total. The first-order chi connectivity index (χ1) is 11.6. The summed E-state index contributed by atoms with van der Waals surface area (Å²) in [5, 5.41) is 4.40. The maximum atomic E-state index is 11.7. The standard InChI is InChI=1S/C18H18ClNO4/c1-22-17-9-4-12(11-16(20-24-3)18(21)23-2)10-15(17)13-5-7-14(19)8-6-13/h4-10H,11H2,1-3H3. The molecule has 2 aromatic rings. The van der Waals surface area contributed by atoms with Crippen LogP contribution < -0.4 is 4.74 Å². The number of benzene rings is 2. The Morgan fingerprint density at radius 2 is 1.79 bits per heavy atom. The van der Waals surface area contributed by atoms with E-state index < -0.39 is 5.97 Å². The summed E-state index contributed by atoms with van der Waals surface area (Å²) in [6, 6.07) is 13.1. The quantitative estimate of drug-likeness (QED) is 0.454. The molecule has 0 saturated carbocycles. The van der Waals surface area contributed by atoms with Gasteiger partial charge in [-0.15, -0.1) is 0 Å². The summed E-state index contributed by atoms with van der Waals surface area (Å²) in [6.07, 6.45) is 0.283. The highest BCUT2D eigenvalue weighted by Crippen LogP contribution is 2.32. The van der Waals surface area contributed by atoms with Gasteiger partial charge in [-0.2, -0.15) is 0 Å². The number of hydrogen-bond acceptors (Lipinski definition) is 5. The Balaban J connectivity index is 2.39. The van der Waals surface area contributed by atoms with E-state index in [-0.39, 0.29) is 12.1 Å². The summed E-state index contributed by atoms with van der Waals surface area (Å²) in [4.78, 5) is 16.5. The van der Waals surface area contributed by atoms with E-state index in [0.29, 0.717) is 5.02 Å². The van der Waals surface area contributed by atoms with Gasteiger partial charge in [-0.1, -0.05) is 35.0 Å². The zero-order valence-corrected chi connectivity index (χ0v) is 14.5. The van der Waals surface area contributed by atoms with Crippen LogP contribution in [-0.4, -0.2) is 33.0 Å². The highest BCUT2D eigenvalue weighted by molar-refractivity contribution is 6.36. The Bertz CT molecular complexity index is 741. The molecule has 0 unspecified atom stereocenters. The van der Waals surface area contributed by atoms with Crippen LogP contribution in [0.25, 0.3) is 11.1 Å². The fourth-order valence-electron chi connectivity index (χ4n) is 2.28. The second-order valence-electron chi connectivity index (χ2n) is 4.93. The minimum Gasteiger partial charge on any atom is -0.496 e. The predicted octanol–water partition coefficient (Wildman–Crippen LogP) is 3.73. The molecule has 0 N–H and O–H groups in total. The van der Waals surface area contributed by atoms with E-state index in [9.17, 15) is 4.79 Å². The van der Waals surface area contributed by atoms with E-state index in [2.05, 4.69) is 5.16 Å². The lowest BCUT2D eigenvalue weighted by atomic mass is 9.99. The van der Waals surface area contributed by atoms with Crippen LogP contribution >= 0.6 is 11.6 Å². The summed E-state index contributed by atoms with van der Waals surface area (Å²) < 4.78 is 10.1. The normalized spacial score (nSPS) is 11.1. The van der Waals surface area contributed by atoms with Crippen LogP contribution in [0.3, 0.4) is 0 Å². The lowest BCUT2D eigenvalue weighted by molar-refractivity contribution is -0.133. The molecule has 2 rings (SSSR count). The van der Waals surface area contributed by atoms with Crippen molar-refractivity contribution in [3.05, 3.63) is 53.1 Å². The lowest BCUT2D eigenvalue weighted by Gasteiger charge is -2.11. The van der Waals surface area contributed by atoms with Crippen LogP contribution in [-0.2, 0) is 20.8 Å². The van der Waals surface area contributed by atoms with Crippen LogP contribution in [0.15, 0.2) is 47.6 Å². The van der Waals surface area contributed by atoms with Crippen LogP contribution in [0.2, 0.25) is 5.02 Å². The smallest absolute Gasteiger partial charge is 0.356 e. The van der Waals surface area contributed by atoms with Gasteiger partial charge in [-0.3, -0.25) is 0 Å². The number of carbonyl (C=O) groups is 1. The molecule has 6 heteroatoms. The minimum atomic E-state index is -0.527. The molecule has 0 heterocycles. The molecule has 0 aliphatic carbocycles. The van der Waals surface area contributed by atoms with E-state index in [1.54, 1.807) is 7.11 Å². The molecule has 0 bridgehead atoms. The fraction of sp³-hybridized carbons (Fsp3) is 0.222. The van der Waals surface area contributed by atoms with E-state index in [1.165, 1.54) is 14.2 Å². The topological polar surface area (TPSA) is 57.1 Å². The zero-order chi connectivity index (χ0) is 17.5. The van der Waals surface area contributed by atoms with Gasteiger partial charge in [0, 0.05) is 17.0 Å². The Hall–Kier alpha value is -2.53. The number of nitrogens with zero attached hydrogens (tertiary/aromatic N) is 1. The maximum absolute atomic E-state index is 11.7. The molecule has 0 aliphatic heterocycles. The van der Waals surface area contributed by atoms with Gasteiger partial charge in [0.15, 0.2) is 5.71 Å². The molecule has 0 aliphatic rings. The summed E-state index contributed by atoms with van der Waals surface area (Å²) in [7, 11) is 4.30. The number of halogens is 1. The van der Waals surface area contributed by atoms with Crippen molar-refractivity contribution in [1.29, 1.82) is 0 Å². The Morgan fingerprint density at radius 1 is 1.08 bits per heavy atom. The summed E-state index contributed by atoms with van der Waals surface area (Å²) in [5.74, 6) is 0.199. The molecule has 0 spiro atoms. The molecule has 24 heavy (non-hydrogen) atoms. The molecule has 0 atom stereocenters. The third kappa shape index (κ3) is 4.26. The monoisotopic (exact) mass is 347 g/mol. The van der Waals surface area contributed by atoms with Crippen molar-refractivity contribution < 1.29 is 19.1 Å². The van der Waals surface area contributed by atoms with Crippen molar-refractivity contribution in [3.8, 4) is 16.9 Å². The van der Waals surface area contributed by atoms with Gasteiger partial charge >= 0.3 is 5.97 Å². The average Bonchev–Trinajstić information content (AvgIpc) is 2.61. The van der Waals surface area contributed by atoms with Gasteiger partial charge in [-0.25, -0.2) is 4.79 Å². The van der Waals surface area contributed by atoms with E-state index in [4.69, 9.17) is 25.9 Å². The highest BCUT2D eigenvalue weighted by atomic mass is 35.5. The zero-order valence-electron chi connectivity index (χ0n) is 13.7. The van der Waals surface area contributed by atoms with Crippen molar-refractivity contribution in [2.24, 2.45) is 5.16 Å². The number of methoxy groups -OCH3 is 2. The molecule has 0 aromatic heterocycles. The largest absolute Gasteiger partial charge is 0.496 e. The number of oxime groups is 1. The Labute approximate surface area is 145 Å². The first kappa shape index (κ1) is 17.8. The second-order valence-corrected chi connectivity index (χ2v) is 5.37. The number of rotatable bonds is 6. The van der Waals surface area contributed by atoms with Crippen LogP contribution in [0, 0.1) is 0 Å². The summed E-state index contributed by atoms with van der Waals surface area (Å²) in [5.41, 5.74) is 2.92. The Morgan fingerprint density at radius 3 is 2.38 bits per heavy atom. The van der Waals surface area contributed by atoms with E-state index in [0.717, 1.165) is 22.4 Å². The second kappa shape index (κ2) is 8.36. The van der Waals surface area contributed by atoms with Crippen molar-refractivity contribution in [2.75, 3.05) is 21.3 Å². The summed E-state index contributed by atoms with van der Waals surface area (Å²) in [6.45, 7) is 0. The molecular weight excluding hydrogens is 330 g/mol. The van der Waals surface area contributed by atoms with Gasteiger partial charge in [-0.05, 0) is 35.4 Å². The van der Waals surface area contributed by atoms with Crippen molar-refractivity contribution in [1.82, 2.24) is 0 Å². The molecule has 126 valence electrons. The SMILES string of the molecule is CON=C(Cc1ccc(OC)c(-c2ccc(Cl)cc2)c1)C(=O)OC. The van der Waals surface area contributed by atoms with Gasteiger partial charge in [0.1, 0.15) is 12.9 Å². The van der Waals surface area contributed by atoms with E-state index in [1.807, 2.05) is 42.5 Å². The molecular formula is C18H18ClNO4. The van der Waals surface area contributed by atoms with Gasteiger partial charge in [0.2, 0.25) is 0 Å². The van der Waals surface area contributed by atoms with Gasteiger partial charge < -0.3 is 14.3 Å². The summed E-state index contributed by atoms with van der Waals surface area (Å²) >= 11 is 5.95. The molecule has 0 fully saturated rings. The molecule has 0 saturated heterocycles. The number of ether oxygens (including phenoxy) is 2.